The molecule has 3 atom stereocenters. The molecule has 13 heteroatoms. The maximum absolute atomic E-state index is 12.9. The monoisotopic (exact) mass is 547 g/mol. The van der Waals surface area contributed by atoms with Gasteiger partial charge in [-0.05, 0) is 36.6 Å². The number of nitrogens with zero attached hydrogens (tertiary/aromatic N) is 3. The van der Waals surface area contributed by atoms with Gasteiger partial charge in [-0.2, -0.15) is 23.5 Å². The molecule has 10 nitrogen and oxygen atoms in total. The number of carbonyl (C=O) groups is 1. The van der Waals surface area contributed by atoms with Crippen molar-refractivity contribution in [3.05, 3.63) is 52.4 Å². The number of hydrogen-bond acceptors (Lipinski definition) is 7. The van der Waals surface area contributed by atoms with Gasteiger partial charge in [-0.1, -0.05) is 32.9 Å². The van der Waals surface area contributed by atoms with E-state index in [2.05, 4.69) is 21.5 Å². The van der Waals surface area contributed by atoms with Crippen molar-refractivity contribution in [1.29, 1.82) is 5.26 Å². The molecule has 0 aliphatic carbocycles. The molecule has 2 aromatic heterocycles. The molecule has 1 saturated heterocycles. The molecule has 0 saturated carbocycles. The number of benzene rings is 1. The summed E-state index contributed by atoms with van der Waals surface area (Å²) in [4.78, 5) is 27.7. The number of aromatic amines is 1. The number of carboxylic acids is 1. The molecule has 0 radical (unpaired) electrons. The predicted octanol–water partition coefficient (Wildman–Crippen LogP) is 4.35. The lowest BCUT2D eigenvalue weighted by molar-refractivity contribution is -0.207. The van der Waals surface area contributed by atoms with Gasteiger partial charge < -0.3 is 25.3 Å². The summed E-state index contributed by atoms with van der Waals surface area (Å²) in [5, 5.41) is 36.9. The zero-order valence-electron chi connectivity index (χ0n) is 21.5. The number of aliphatic carboxylic acids is 1. The van der Waals surface area contributed by atoms with Crippen LogP contribution in [-0.4, -0.2) is 49.3 Å². The van der Waals surface area contributed by atoms with Crippen LogP contribution in [0.25, 0.3) is 10.9 Å². The van der Waals surface area contributed by atoms with E-state index in [-0.39, 0.29) is 42.6 Å². The molecule has 3 unspecified atom stereocenters. The van der Waals surface area contributed by atoms with Gasteiger partial charge in [0.1, 0.15) is 5.39 Å². The molecule has 1 aliphatic heterocycles. The summed E-state index contributed by atoms with van der Waals surface area (Å²) in [5.41, 5.74) is -3.52. The molecule has 4 rings (SSSR count). The zero-order valence-corrected chi connectivity index (χ0v) is 21.5. The molecule has 0 bridgehead atoms. The largest absolute Gasteiger partial charge is 0.479 e. The highest BCUT2D eigenvalue weighted by Gasteiger charge is 2.56. The first kappa shape index (κ1) is 28.1. The number of alkyl halides is 3. The van der Waals surface area contributed by atoms with Crippen molar-refractivity contribution < 1.29 is 32.9 Å². The minimum absolute atomic E-state index is 0.0826. The van der Waals surface area contributed by atoms with Crippen LogP contribution >= 0.6 is 0 Å². The predicted molar refractivity (Wildman–Crippen MR) is 134 cm³/mol. The Labute approximate surface area is 221 Å². The fourth-order valence-electron chi connectivity index (χ4n) is 5.02. The van der Waals surface area contributed by atoms with Gasteiger partial charge >= 0.3 is 12.1 Å². The van der Waals surface area contributed by atoms with Crippen LogP contribution in [-0.2, 0) is 15.1 Å². The van der Waals surface area contributed by atoms with E-state index in [0.717, 1.165) is 12.1 Å². The van der Waals surface area contributed by atoms with Crippen LogP contribution in [0.3, 0.4) is 0 Å². The van der Waals surface area contributed by atoms with Crippen molar-refractivity contribution in [3.8, 4) is 6.07 Å². The van der Waals surface area contributed by atoms with Crippen molar-refractivity contribution in [1.82, 2.24) is 14.8 Å². The fourth-order valence-corrected chi connectivity index (χ4v) is 5.02. The van der Waals surface area contributed by atoms with Crippen LogP contribution in [0, 0.1) is 16.7 Å². The van der Waals surface area contributed by atoms with Gasteiger partial charge in [-0.3, -0.25) is 9.48 Å². The number of nitriles is 1. The maximum atomic E-state index is 12.9. The minimum Gasteiger partial charge on any atom is -0.479 e. The fraction of sp³-hybridized carbons (Fsp3) is 0.462. The smallest absolute Gasteiger partial charge is 0.418 e. The summed E-state index contributed by atoms with van der Waals surface area (Å²) in [6, 6.07) is 8.56. The lowest BCUT2D eigenvalue weighted by Gasteiger charge is -2.49. The van der Waals surface area contributed by atoms with Crippen LogP contribution in [0.1, 0.15) is 51.7 Å². The van der Waals surface area contributed by atoms with Gasteiger partial charge in [-0.15, -0.1) is 0 Å². The molecule has 1 fully saturated rings. The number of halogens is 3. The SMILES string of the molecule is CC(C)(C)C1(C(=O)O)CCC(CC#N)(n2nc(Nc3ccc(C(O)C(F)(F)F)cc3)c3c(=O)[nH]ccc32)CO1. The third-order valence-corrected chi connectivity index (χ3v) is 7.35. The Morgan fingerprint density at radius 1 is 1.26 bits per heavy atom. The molecular formula is C26H28F3N5O5. The van der Waals surface area contributed by atoms with Gasteiger partial charge in [-0.25, -0.2) is 4.79 Å². The zero-order chi connectivity index (χ0) is 28.8. The molecular weight excluding hydrogens is 519 g/mol. The Bertz CT molecular complexity index is 1470. The number of aliphatic hydroxyl groups is 1. The number of ether oxygens (including phenoxy) is 1. The van der Waals surface area contributed by atoms with E-state index in [1.807, 2.05) is 0 Å². The number of aromatic nitrogens is 3. The van der Waals surface area contributed by atoms with Gasteiger partial charge in [0.2, 0.25) is 0 Å². The summed E-state index contributed by atoms with van der Waals surface area (Å²) in [6.45, 7) is 5.14. The molecule has 4 N–H and O–H groups in total. The number of hydrogen-bond donors (Lipinski definition) is 4. The quantitative estimate of drug-likeness (QED) is 0.355. The van der Waals surface area contributed by atoms with Gasteiger partial charge in [0.15, 0.2) is 17.5 Å². The van der Waals surface area contributed by atoms with E-state index in [0.29, 0.717) is 11.2 Å². The molecule has 3 heterocycles. The van der Waals surface area contributed by atoms with E-state index in [1.165, 1.54) is 23.0 Å². The number of pyridine rings is 1. The number of carboxylic acid groups (broad SMARTS) is 1. The van der Waals surface area contributed by atoms with Crippen LogP contribution in [0.15, 0.2) is 41.3 Å². The Morgan fingerprint density at radius 2 is 1.92 bits per heavy atom. The second-order valence-corrected chi connectivity index (χ2v) is 10.7. The first-order valence-corrected chi connectivity index (χ1v) is 12.1. The third-order valence-electron chi connectivity index (χ3n) is 7.35. The average molecular weight is 548 g/mol. The molecule has 0 amide bonds. The van der Waals surface area contributed by atoms with Crippen molar-refractivity contribution in [2.45, 2.75) is 63.5 Å². The highest BCUT2D eigenvalue weighted by atomic mass is 19.4. The summed E-state index contributed by atoms with van der Waals surface area (Å²) in [5.74, 6) is -1.03. The normalized spacial score (nSPS) is 22.8. The number of anilines is 2. The molecule has 1 aromatic carbocycles. The molecule has 208 valence electrons. The van der Waals surface area contributed by atoms with E-state index in [9.17, 15) is 38.2 Å². The standard InChI is InChI=1S/C26H28F3N5O5/c1-23(2,3)25(22(37)38)10-9-24(11-12-30,14-39-25)34-17-8-13-31-21(36)18(17)20(33-34)32-16-6-4-15(5-7-16)19(35)26(27,28)29/h4-8,13,19,35H,9-11,14H2,1-3H3,(H,31,36)(H,32,33)(H,37,38). The summed E-state index contributed by atoms with van der Waals surface area (Å²) in [7, 11) is 0. The van der Waals surface area contributed by atoms with E-state index < -0.39 is 40.4 Å². The van der Waals surface area contributed by atoms with Crippen LogP contribution in [0.5, 0.6) is 0 Å². The number of H-pyrrole nitrogens is 1. The highest BCUT2D eigenvalue weighted by Crippen LogP contribution is 2.47. The molecule has 1 aliphatic rings. The topological polar surface area (TPSA) is 153 Å². The van der Waals surface area contributed by atoms with Crippen molar-refractivity contribution in [3.63, 3.8) is 0 Å². The van der Waals surface area contributed by atoms with E-state index >= 15 is 0 Å². The van der Waals surface area contributed by atoms with E-state index in [4.69, 9.17) is 4.74 Å². The summed E-state index contributed by atoms with van der Waals surface area (Å²) >= 11 is 0. The van der Waals surface area contributed by atoms with Crippen LogP contribution in [0.4, 0.5) is 24.7 Å². The van der Waals surface area contributed by atoms with Gasteiger partial charge in [0.25, 0.3) is 5.56 Å². The average Bonchev–Trinajstić information content (AvgIpc) is 3.23. The lowest BCUT2D eigenvalue weighted by Crippen LogP contribution is -2.59. The lowest BCUT2D eigenvalue weighted by atomic mass is 9.69. The Kier molecular flexibility index (Phi) is 6.99. The summed E-state index contributed by atoms with van der Waals surface area (Å²) in [6.07, 6.45) is -5.82. The van der Waals surface area contributed by atoms with Gasteiger partial charge in [0.05, 0.1) is 30.2 Å². The molecule has 39 heavy (non-hydrogen) atoms. The highest BCUT2D eigenvalue weighted by molar-refractivity contribution is 5.91. The third kappa shape index (κ3) is 4.86. The van der Waals surface area contributed by atoms with Crippen LogP contribution in [0.2, 0.25) is 0 Å². The number of rotatable bonds is 6. The molecule has 3 aromatic rings. The number of nitrogens with one attached hydrogen (secondary N) is 2. The van der Waals surface area contributed by atoms with Crippen molar-refractivity contribution in [2.75, 3.05) is 11.9 Å². The first-order valence-electron chi connectivity index (χ1n) is 12.1. The van der Waals surface area contributed by atoms with Crippen molar-refractivity contribution in [2.24, 2.45) is 5.41 Å². The number of fused-ring (bicyclic) bond motifs is 1. The van der Waals surface area contributed by atoms with Crippen LogP contribution < -0.4 is 10.9 Å². The second kappa shape index (κ2) is 9.69. The number of aliphatic hydroxyl groups excluding tert-OH is 1. The minimum atomic E-state index is -4.82. The Morgan fingerprint density at radius 3 is 2.44 bits per heavy atom. The summed E-state index contributed by atoms with van der Waals surface area (Å²) < 4.78 is 46.1. The van der Waals surface area contributed by atoms with Crippen molar-refractivity contribution >= 4 is 28.4 Å². The molecule has 0 spiro atoms. The Balaban J connectivity index is 1.75. The van der Waals surface area contributed by atoms with E-state index in [1.54, 1.807) is 26.8 Å². The maximum Gasteiger partial charge on any atom is 0.418 e. The van der Waals surface area contributed by atoms with Gasteiger partial charge in [0, 0.05) is 17.3 Å². The second-order valence-electron chi connectivity index (χ2n) is 10.7. The first-order chi connectivity index (χ1) is 18.1. The Hall–Kier alpha value is -3.89.